The number of rotatable bonds is 9. The average molecular weight is 411 g/mol. The van der Waals surface area contributed by atoms with Crippen molar-refractivity contribution >= 4 is 23.5 Å². The first-order valence-electron chi connectivity index (χ1n) is 10.5. The zero-order valence-corrected chi connectivity index (χ0v) is 18.7. The molecule has 3 amide bonds. The summed E-state index contributed by atoms with van der Waals surface area (Å²) >= 11 is 0. The Kier molecular flexibility index (Phi) is 8.81. The molecule has 1 unspecified atom stereocenters. The molecule has 1 heterocycles. The molecule has 0 radical (unpaired) electrons. The van der Waals surface area contributed by atoms with Crippen molar-refractivity contribution in [1.29, 1.82) is 0 Å². The fourth-order valence-electron chi connectivity index (χ4n) is 3.75. The summed E-state index contributed by atoms with van der Waals surface area (Å²) in [6.45, 7) is 12.0. The zero-order valence-electron chi connectivity index (χ0n) is 18.7. The van der Waals surface area contributed by atoms with E-state index in [-0.39, 0.29) is 17.7 Å². The Morgan fingerprint density at radius 1 is 1.17 bits per heavy atom. The second kappa shape index (κ2) is 10.2. The smallest absolute Gasteiger partial charge is 0.287 e. The van der Waals surface area contributed by atoms with E-state index in [0.717, 1.165) is 6.42 Å². The highest BCUT2D eigenvalue weighted by Gasteiger charge is 2.46. The lowest BCUT2D eigenvalue weighted by atomic mass is 9.85. The van der Waals surface area contributed by atoms with E-state index in [2.05, 4.69) is 5.32 Å². The first-order valence-corrected chi connectivity index (χ1v) is 10.5. The summed E-state index contributed by atoms with van der Waals surface area (Å²) in [6.07, 6.45) is 2.49. The van der Waals surface area contributed by atoms with Crippen LogP contribution in [0, 0.1) is 17.3 Å². The largest absolute Gasteiger partial charge is 0.363 e. The average Bonchev–Trinajstić information content (AvgIpc) is 3.07. The second-order valence-corrected chi connectivity index (χ2v) is 9.45. The quantitative estimate of drug-likeness (QED) is 0.487. The number of nitrogens with two attached hydrogens (primary N) is 2. The number of hydrogen-bond acceptors (Lipinski definition) is 5. The van der Waals surface area contributed by atoms with Crippen LogP contribution in [0.3, 0.4) is 0 Å². The molecule has 0 aliphatic carbocycles. The topological polar surface area (TPSA) is 136 Å². The third-order valence-corrected chi connectivity index (χ3v) is 5.77. The van der Waals surface area contributed by atoms with Gasteiger partial charge in [0.2, 0.25) is 17.6 Å². The van der Waals surface area contributed by atoms with Crippen LogP contribution in [-0.2, 0) is 19.2 Å². The van der Waals surface area contributed by atoms with Crippen LogP contribution in [0.4, 0.5) is 0 Å². The Morgan fingerprint density at radius 2 is 1.76 bits per heavy atom. The maximum absolute atomic E-state index is 13.2. The van der Waals surface area contributed by atoms with Crippen LogP contribution in [0.5, 0.6) is 0 Å². The highest BCUT2D eigenvalue weighted by atomic mass is 16.2. The first kappa shape index (κ1) is 25.1. The highest BCUT2D eigenvalue weighted by Crippen LogP contribution is 2.33. The van der Waals surface area contributed by atoms with Crippen LogP contribution in [-0.4, -0.2) is 53.1 Å². The number of hydrogen-bond donors (Lipinski definition) is 3. The molecule has 1 aliphatic rings. The van der Waals surface area contributed by atoms with Crippen LogP contribution in [0.1, 0.15) is 67.2 Å². The monoisotopic (exact) mass is 410 g/mol. The Balaban J connectivity index is 3.13. The van der Waals surface area contributed by atoms with Gasteiger partial charge >= 0.3 is 0 Å². The van der Waals surface area contributed by atoms with Crippen molar-refractivity contribution in [3.05, 3.63) is 0 Å². The minimum atomic E-state index is -1.07. The van der Waals surface area contributed by atoms with E-state index in [9.17, 15) is 19.2 Å². The van der Waals surface area contributed by atoms with Gasteiger partial charge < -0.3 is 21.7 Å². The number of ketones is 1. The number of amides is 3. The molecule has 1 fully saturated rings. The lowest BCUT2D eigenvalue weighted by Crippen LogP contribution is -2.58. The Morgan fingerprint density at radius 3 is 2.21 bits per heavy atom. The van der Waals surface area contributed by atoms with Gasteiger partial charge in [0.25, 0.3) is 5.91 Å². The highest BCUT2D eigenvalue weighted by molar-refractivity contribution is 6.37. The van der Waals surface area contributed by atoms with Crippen LogP contribution in [0.25, 0.3) is 0 Å². The van der Waals surface area contributed by atoms with Gasteiger partial charge in [0.1, 0.15) is 6.04 Å². The predicted octanol–water partition coefficient (Wildman–Crippen LogP) is 0.962. The van der Waals surface area contributed by atoms with Crippen molar-refractivity contribution in [3.63, 3.8) is 0 Å². The fraction of sp³-hybridized carbons (Fsp3) is 0.810. The first-order chi connectivity index (χ1) is 13.3. The summed E-state index contributed by atoms with van der Waals surface area (Å²) in [6, 6.07) is -2.44. The van der Waals surface area contributed by atoms with E-state index < -0.39 is 41.1 Å². The Bertz CT molecular complexity index is 627. The molecule has 0 spiro atoms. The van der Waals surface area contributed by atoms with Crippen LogP contribution in [0.2, 0.25) is 0 Å². The van der Waals surface area contributed by atoms with Crippen molar-refractivity contribution in [2.24, 2.45) is 28.7 Å². The van der Waals surface area contributed by atoms with Gasteiger partial charge in [-0.05, 0) is 30.1 Å². The van der Waals surface area contributed by atoms with E-state index >= 15 is 0 Å². The molecule has 4 atom stereocenters. The molecule has 8 nitrogen and oxygen atoms in total. The van der Waals surface area contributed by atoms with E-state index in [1.54, 1.807) is 4.90 Å². The van der Waals surface area contributed by atoms with Gasteiger partial charge in [-0.25, -0.2) is 0 Å². The zero-order chi connectivity index (χ0) is 22.5. The number of nitrogens with zero attached hydrogens (tertiary/aromatic N) is 1. The van der Waals surface area contributed by atoms with Crippen molar-refractivity contribution in [1.82, 2.24) is 10.2 Å². The van der Waals surface area contributed by atoms with Gasteiger partial charge in [0.15, 0.2) is 0 Å². The van der Waals surface area contributed by atoms with Gasteiger partial charge in [-0.3, -0.25) is 19.2 Å². The van der Waals surface area contributed by atoms with Crippen molar-refractivity contribution in [2.75, 3.05) is 6.54 Å². The van der Waals surface area contributed by atoms with Crippen LogP contribution in [0.15, 0.2) is 0 Å². The lowest BCUT2D eigenvalue weighted by Gasteiger charge is -2.35. The lowest BCUT2D eigenvalue weighted by molar-refractivity contribution is -0.144. The number of unbranched alkanes of at least 4 members (excludes halogenated alkanes) is 1. The number of nitrogens with one attached hydrogen (secondary N) is 1. The molecule has 0 aromatic heterocycles. The molecular weight excluding hydrogens is 372 g/mol. The molecule has 0 bridgehead atoms. The van der Waals surface area contributed by atoms with E-state index in [4.69, 9.17) is 11.5 Å². The van der Waals surface area contributed by atoms with E-state index in [1.165, 1.54) is 0 Å². The SMILES string of the molecule is CCCCC(NC(=O)[C@@H]1[C@@H](C(C)C)CCN1C(=O)[C@@H](N)C(C)(C)C)C(=O)C(N)=O. The molecule has 29 heavy (non-hydrogen) atoms. The number of Topliss-reactive ketones (excluding diaryl/α,β-unsaturated/α-hetero) is 1. The fourth-order valence-corrected chi connectivity index (χ4v) is 3.75. The molecule has 5 N–H and O–H groups in total. The predicted molar refractivity (Wildman–Crippen MR) is 112 cm³/mol. The number of carbonyl (C=O) groups excluding carboxylic acids is 4. The molecule has 0 aromatic rings. The standard InChI is InChI=1S/C21H38N4O4/c1-7-8-9-14(16(26)18(23)27)24-19(28)15-13(12(2)3)10-11-25(15)20(29)17(22)21(4,5)6/h12-15,17H,7-11,22H2,1-6H3,(H2,23,27)(H,24,28)/t13-,14?,15+,17-/m1/s1. The van der Waals surface area contributed by atoms with Gasteiger partial charge in [0, 0.05) is 6.54 Å². The molecule has 0 aromatic carbocycles. The molecule has 1 rings (SSSR count). The molecule has 0 saturated carbocycles. The maximum Gasteiger partial charge on any atom is 0.287 e. The van der Waals surface area contributed by atoms with Gasteiger partial charge in [-0.15, -0.1) is 0 Å². The molecular formula is C21H38N4O4. The van der Waals surface area contributed by atoms with Crippen LogP contribution >= 0.6 is 0 Å². The number of primary amides is 1. The summed E-state index contributed by atoms with van der Waals surface area (Å²) in [7, 11) is 0. The summed E-state index contributed by atoms with van der Waals surface area (Å²) < 4.78 is 0. The van der Waals surface area contributed by atoms with Crippen molar-refractivity contribution in [2.45, 2.75) is 85.4 Å². The molecule has 166 valence electrons. The summed E-state index contributed by atoms with van der Waals surface area (Å²) in [5.41, 5.74) is 10.9. The molecule has 8 heteroatoms. The summed E-state index contributed by atoms with van der Waals surface area (Å²) in [5.74, 6) is -2.47. The maximum atomic E-state index is 13.2. The Hall–Kier alpha value is -1.96. The second-order valence-electron chi connectivity index (χ2n) is 9.45. The van der Waals surface area contributed by atoms with E-state index in [1.807, 2.05) is 41.5 Å². The van der Waals surface area contributed by atoms with Crippen molar-refractivity contribution < 1.29 is 19.2 Å². The number of carbonyl (C=O) groups is 4. The minimum absolute atomic E-state index is 0.0541. The third kappa shape index (κ3) is 6.26. The molecule has 1 aliphatic heterocycles. The molecule has 1 saturated heterocycles. The van der Waals surface area contributed by atoms with Gasteiger partial charge in [-0.2, -0.15) is 0 Å². The normalized spacial score (nSPS) is 21.7. The Labute approximate surface area is 174 Å². The minimum Gasteiger partial charge on any atom is -0.363 e. The van der Waals surface area contributed by atoms with Gasteiger partial charge in [0.05, 0.1) is 12.1 Å². The van der Waals surface area contributed by atoms with Crippen LogP contribution < -0.4 is 16.8 Å². The van der Waals surface area contributed by atoms with Gasteiger partial charge in [-0.1, -0.05) is 54.4 Å². The summed E-state index contributed by atoms with van der Waals surface area (Å²) in [5, 5.41) is 2.70. The third-order valence-electron chi connectivity index (χ3n) is 5.77. The number of likely N-dealkylation sites (tertiary alicyclic amines) is 1. The van der Waals surface area contributed by atoms with Crippen molar-refractivity contribution in [3.8, 4) is 0 Å². The van der Waals surface area contributed by atoms with E-state index in [0.29, 0.717) is 25.8 Å². The summed E-state index contributed by atoms with van der Waals surface area (Å²) in [4.78, 5) is 51.4.